The zero-order valence-corrected chi connectivity index (χ0v) is 18.1. The minimum atomic E-state index is -0.311. The summed E-state index contributed by atoms with van der Waals surface area (Å²) in [5.41, 5.74) is 1.83. The number of ether oxygens (including phenoxy) is 1. The molecule has 0 radical (unpaired) electrons. The second kappa shape index (κ2) is 7.34. The number of carbonyl (C=O) groups excluding carboxylic acids is 2. The van der Waals surface area contributed by atoms with Gasteiger partial charge in [0.2, 0.25) is 11.8 Å². The van der Waals surface area contributed by atoms with Gasteiger partial charge in [-0.25, -0.2) is 0 Å². The highest BCUT2D eigenvalue weighted by atomic mass is 16.5. The van der Waals surface area contributed by atoms with E-state index in [9.17, 15) is 9.59 Å². The van der Waals surface area contributed by atoms with Crippen molar-refractivity contribution in [1.29, 1.82) is 0 Å². The van der Waals surface area contributed by atoms with Gasteiger partial charge in [-0.05, 0) is 62.6 Å². The van der Waals surface area contributed by atoms with Crippen LogP contribution < -0.4 is 5.32 Å². The third kappa shape index (κ3) is 3.25. The summed E-state index contributed by atoms with van der Waals surface area (Å²) in [7, 11) is 3.82. The molecule has 1 N–H and O–H groups in total. The van der Waals surface area contributed by atoms with E-state index in [-0.39, 0.29) is 18.1 Å². The van der Waals surface area contributed by atoms with Gasteiger partial charge >= 0.3 is 0 Å². The molecule has 4 aliphatic rings. The van der Waals surface area contributed by atoms with Crippen LogP contribution in [0.2, 0.25) is 0 Å². The lowest BCUT2D eigenvalue weighted by Gasteiger charge is -2.24. The van der Waals surface area contributed by atoms with Gasteiger partial charge in [-0.15, -0.1) is 0 Å². The SMILES string of the molecule is CN(C)[C@@H](C(=O)NCCOC1CCN(C(=O)C2C3(CC3)C23CC3)C1)c1ccccc1. The van der Waals surface area contributed by atoms with Gasteiger partial charge in [0, 0.05) is 19.6 Å². The van der Waals surface area contributed by atoms with Crippen LogP contribution >= 0.6 is 0 Å². The Hall–Kier alpha value is -1.92. The first kappa shape index (κ1) is 20.0. The molecule has 1 aromatic carbocycles. The summed E-state index contributed by atoms with van der Waals surface area (Å²) in [5.74, 6) is 0.696. The van der Waals surface area contributed by atoms with Gasteiger partial charge in [-0.3, -0.25) is 14.5 Å². The zero-order chi connectivity index (χ0) is 20.9. The van der Waals surface area contributed by atoms with Crippen LogP contribution in [-0.4, -0.2) is 68.1 Å². The van der Waals surface area contributed by atoms with E-state index < -0.39 is 0 Å². The molecule has 1 saturated heterocycles. The molecule has 6 nitrogen and oxygen atoms in total. The average Bonchev–Trinajstić information content (AvgIpc) is 3.69. The Morgan fingerprint density at radius 3 is 2.43 bits per heavy atom. The van der Waals surface area contributed by atoms with Gasteiger partial charge in [-0.1, -0.05) is 30.3 Å². The summed E-state index contributed by atoms with van der Waals surface area (Å²) in [6.45, 7) is 2.48. The number of fused-ring (bicyclic) bond motifs is 1. The lowest BCUT2D eigenvalue weighted by molar-refractivity contribution is -0.132. The molecule has 2 amide bonds. The Bertz CT molecular complexity index is 798. The largest absolute Gasteiger partial charge is 0.374 e. The highest BCUT2D eigenvalue weighted by Crippen LogP contribution is 2.92. The molecule has 3 aliphatic carbocycles. The first-order valence-corrected chi connectivity index (χ1v) is 11.4. The van der Waals surface area contributed by atoms with Crippen LogP contribution in [0.4, 0.5) is 0 Å². The smallest absolute Gasteiger partial charge is 0.242 e. The Kier molecular flexibility index (Phi) is 4.90. The molecule has 1 aromatic rings. The van der Waals surface area contributed by atoms with E-state index in [2.05, 4.69) is 5.32 Å². The molecular formula is C24H33N3O3. The Balaban J connectivity index is 1.05. The Labute approximate surface area is 178 Å². The first-order chi connectivity index (χ1) is 14.5. The fourth-order valence-corrected chi connectivity index (χ4v) is 6.12. The fourth-order valence-electron chi connectivity index (χ4n) is 6.12. The number of benzene rings is 1. The van der Waals surface area contributed by atoms with Gasteiger partial charge in [0.15, 0.2) is 0 Å². The molecular weight excluding hydrogens is 378 g/mol. The molecule has 1 unspecified atom stereocenters. The van der Waals surface area contributed by atoms with Gasteiger partial charge in [-0.2, -0.15) is 0 Å². The van der Waals surface area contributed by atoms with E-state index in [0.29, 0.717) is 42.4 Å². The third-order valence-electron chi connectivity index (χ3n) is 7.93. The van der Waals surface area contributed by atoms with Crippen molar-refractivity contribution in [3.63, 3.8) is 0 Å². The maximum atomic E-state index is 13.0. The minimum Gasteiger partial charge on any atom is -0.374 e. The maximum Gasteiger partial charge on any atom is 0.242 e. The molecule has 6 heteroatoms. The van der Waals surface area contributed by atoms with E-state index in [4.69, 9.17) is 4.74 Å². The predicted octanol–water partition coefficient (Wildman–Crippen LogP) is 2.21. The van der Waals surface area contributed by atoms with Crippen LogP contribution in [0.5, 0.6) is 0 Å². The molecule has 5 rings (SSSR count). The molecule has 2 atom stereocenters. The zero-order valence-electron chi connectivity index (χ0n) is 18.1. The minimum absolute atomic E-state index is 0.0174. The van der Waals surface area contributed by atoms with Crippen LogP contribution in [0.3, 0.4) is 0 Å². The molecule has 162 valence electrons. The lowest BCUT2D eigenvalue weighted by atomic mass is 10.1. The van der Waals surface area contributed by atoms with Crippen molar-refractivity contribution in [2.24, 2.45) is 16.7 Å². The summed E-state index contributed by atoms with van der Waals surface area (Å²) in [5, 5.41) is 3.00. The summed E-state index contributed by atoms with van der Waals surface area (Å²) >= 11 is 0. The highest BCUT2D eigenvalue weighted by molar-refractivity contribution is 5.87. The number of rotatable bonds is 8. The molecule has 2 spiro atoms. The van der Waals surface area contributed by atoms with Crippen molar-refractivity contribution in [2.75, 3.05) is 40.3 Å². The van der Waals surface area contributed by atoms with Gasteiger partial charge < -0.3 is 15.0 Å². The summed E-state index contributed by atoms with van der Waals surface area (Å²) in [6.07, 6.45) is 6.08. The van der Waals surface area contributed by atoms with Crippen LogP contribution in [0.25, 0.3) is 0 Å². The molecule has 0 bridgehead atoms. The van der Waals surface area contributed by atoms with Crippen LogP contribution in [0, 0.1) is 16.7 Å². The van der Waals surface area contributed by atoms with Crippen molar-refractivity contribution in [2.45, 2.75) is 44.2 Å². The second-order valence-corrected chi connectivity index (χ2v) is 9.88. The lowest BCUT2D eigenvalue weighted by Crippen LogP contribution is -2.39. The fraction of sp³-hybridized carbons (Fsp3) is 0.667. The molecule has 3 saturated carbocycles. The number of nitrogens with zero attached hydrogens (tertiary/aromatic N) is 2. The number of nitrogens with one attached hydrogen (secondary N) is 1. The van der Waals surface area contributed by atoms with Crippen molar-refractivity contribution in [1.82, 2.24) is 15.1 Å². The van der Waals surface area contributed by atoms with Crippen LogP contribution in [-0.2, 0) is 14.3 Å². The molecule has 4 fully saturated rings. The molecule has 1 heterocycles. The van der Waals surface area contributed by atoms with E-state index in [1.807, 2.05) is 54.2 Å². The summed E-state index contributed by atoms with van der Waals surface area (Å²) in [6, 6.07) is 9.49. The van der Waals surface area contributed by atoms with Gasteiger partial charge in [0.1, 0.15) is 6.04 Å². The van der Waals surface area contributed by atoms with Crippen LogP contribution in [0.15, 0.2) is 30.3 Å². The molecule has 1 aliphatic heterocycles. The molecule has 0 aromatic heterocycles. The van der Waals surface area contributed by atoms with E-state index in [1.165, 1.54) is 25.7 Å². The Morgan fingerprint density at radius 2 is 1.83 bits per heavy atom. The number of hydrogen-bond donors (Lipinski definition) is 1. The van der Waals surface area contributed by atoms with Gasteiger partial charge in [0.25, 0.3) is 0 Å². The van der Waals surface area contributed by atoms with E-state index >= 15 is 0 Å². The standard InChI is InChI=1S/C24H33N3O3/c1-26(2)19(17-6-4-3-5-7-17)21(28)25-13-15-30-18-8-14-27(16-18)22(29)20-23(9-10-23)24(20)11-12-24/h3-7,18-20H,8-16H2,1-2H3,(H,25,28)/t18?,19-/m1/s1. The monoisotopic (exact) mass is 411 g/mol. The van der Waals surface area contributed by atoms with Crippen molar-refractivity contribution < 1.29 is 14.3 Å². The quantitative estimate of drug-likeness (QED) is 0.667. The maximum absolute atomic E-state index is 13.0. The van der Waals surface area contributed by atoms with Crippen molar-refractivity contribution >= 4 is 11.8 Å². The average molecular weight is 412 g/mol. The summed E-state index contributed by atoms with van der Waals surface area (Å²) < 4.78 is 5.99. The van der Waals surface area contributed by atoms with E-state index in [1.54, 1.807) is 0 Å². The predicted molar refractivity (Wildman–Crippen MR) is 114 cm³/mol. The number of likely N-dealkylation sites (N-methyl/N-ethyl adjacent to an activating group) is 1. The number of carbonyl (C=O) groups is 2. The third-order valence-corrected chi connectivity index (χ3v) is 7.93. The Morgan fingerprint density at radius 1 is 1.17 bits per heavy atom. The van der Waals surface area contributed by atoms with Crippen molar-refractivity contribution in [3.8, 4) is 0 Å². The number of likely N-dealkylation sites (tertiary alicyclic amines) is 1. The first-order valence-electron chi connectivity index (χ1n) is 11.4. The van der Waals surface area contributed by atoms with Gasteiger partial charge in [0.05, 0.1) is 18.6 Å². The normalized spacial score (nSPS) is 26.2. The van der Waals surface area contributed by atoms with Crippen LogP contribution in [0.1, 0.15) is 43.7 Å². The molecule has 30 heavy (non-hydrogen) atoms. The van der Waals surface area contributed by atoms with E-state index in [0.717, 1.165) is 18.5 Å². The topological polar surface area (TPSA) is 61.9 Å². The number of hydrogen-bond acceptors (Lipinski definition) is 4. The van der Waals surface area contributed by atoms with Crippen molar-refractivity contribution in [3.05, 3.63) is 35.9 Å². The summed E-state index contributed by atoms with van der Waals surface area (Å²) in [4.78, 5) is 29.6. The second-order valence-electron chi connectivity index (χ2n) is 9.88. The number of amides is 2. The highest BCUT2D eigenvalue weighted by Gasteiger charge is 2.89.